The van der Waals surface area contributed by atoms with Gasteiger partial charge in [0.2, 0.25) is 11.8 Å². The van der Waals surface area contributed by atoms with Crippen LogP contribution in [0.5, 0.6) is 0 Å². The number of nitrogens with zero attached hydrogens (tertiary/aromatic N) is 3. The van der Waals surface area contributed by atoms with Crippen molar-refractivity contribution < 1.29 is 14.3 Å². The van der Waals surface area contributed by atoms with Crippen LogP contribution in [0.15, 0.2) is 4.42 Å². The predicted octanol–water partition coefficient (Wildman–Crippen LogP) is 0.0556. The average Bonchev–Trinajstić information content (AvgIpc) is 2.71. The van der Waals surface area contributed by atoms with Crippen molar-refractivity contribution in [2.45, 2.75) is 19.8 Å². The van der Waals surface area contributed by atoms with E-state index in [4.69, 9.17) is 9.52 Å². The molecule has 0 radical (unpaired) electrons. The van der Waals surface area contributed by atoms with E-state index in [0.29, 0.717) is 11.8 Å². The number of nitrogens with one attached hydrogen (secondary N) is 1. The highest BCUT2D eigenvalue weighted by Crippen LogP contribution is 2.16. The van der Waals surface area contributed by atoms with Gasteiger partial charge in [0.05, 0.1) is 6.54 Å². The van der Waals surface area contributed by atoms with E-state index in [0.717, 1.165) is 13.1 Å². The van der Waals surface area contributed by atoms with E-state index in [9.17, 15) is 4.79 Å². The summed E-state index contributed by atoms with van der Waals surface area (Å²) in [5.41, 5.74) is 0. The van der Waals surface area contributed by atoms with Gasteiger partial charge in [-0.3, -0.25) is 15.0 Å². The number of rotatable bonds is 5. The number of carbonyl (C=O) groups is 1. The molecule has 0 bridgehead atoms. The Balaban J connectivity index is 1.77. The van der Waals surface area contributed by atoms with Crippen molar-refractivity contribution in [2.75, 3.05) is 31.6 Å². The fraction of sp³-hybridized carbons (Fsp3) is 0.727. The van der Waals surface area contributed by atoms with E-state index in [2.05, 4.69) is 15.5 Å². The lowest BCUT2D eigenvalue weighted by atomic mass is 10.0. The minimum atomic E-state index is -0.176. The second-order valence-corrected chi connectivity index (χ2v) is 4.89. The van der Waals surface area contributed by atoms with Crippen LogP contribution in [0.2, 0.25) is 0 Å². The molecule has 0 atom stereocenters. The van der Waals surface area contributed by atoms with Crippen LogP contribution in [0.25, 0.3) is 0 Å². The zero-order chi connectivity index (χ0) is 13.1. The molecule has 0 unspecified atom stereocenters. The van der Waals surface area contributed by atoms with E-state index in [1.54, 1.807) is 0 Å². The van der Waals surface area contributed by atoms with E-state index >= 15 is 0 Å². The number of anilines is 1. The molecule has 0 aliphatic carbocycles. The minimum Gasteiger partial charge on any atom is -0.408 e. The van der Waals surface area contributed by atoms with Gasteiger partial charge in [-0.05, 0) is 0 Å². The number of hydrogen-bond acceptors (Lipinski definition) is 6. The van der Waals surface area contributed by atoms with Gasteiger partial charge in [-0.15, -0.1) is 5.10 Å². The third-order valence-corrected chi connectivity index (χ3v) is 2.84. The van der Waals surface area contributed by atoms with Crippen LogP contribution >= 0.6 is 0 Å². The number of aliphatic hydroxyl groups is 1. The molecule has 18 heavy (non-hydrogen) atoms. The van der Waals surface area contributed by atoms with Crippen molar-refractivity contribution in [3.63, 3.8) is 0 Å². The van der Waals surface area contributed by atoms with Crippen LogP contribution in [-0.2, 0) is 4.79 Å². The van der Waals surface area contributed by atoms with E-state index in [1.807, 2.05) is 18.7 Å². The SMILES string of the molecule is CC(C)c1nnc(NC(=O)CN2CC(CO)C2)o1. The molecule has 2 heterocycles. The molecule has 7 nitrogen and oxygen atoms in total. The maximum Gasteiger partial charge on any atom is 0.322 e. The van der Waals surface area contributed by atoms with Crippen LogP contribution in [-0.4, -0.2) is 52.4 Å². The third kappa shape index (κ3) is 3.05. The predicted molar refractivity (Wildman–Crippen MR) is 64.0 cm³/mol. The summed E-state index contributed by atoms with van der Waals surface area (Å²) in [4.78, 5) is 13.6. The van der Waals surface area contributed by atoms with E-state index in [-0.39, 0.29) is 31.0 Å². The second kappa shape index (κ2) is 5.45. The fourth-order valence-corrected chi connectivity index (χ4v) is 1.80. The number of carbonyl (C=O) groups excluding carboxylic acids is 1. The Bertz CT molecular complexity index is 412. The first-order valence-corrected chi connectivity index (χ1v) is 6.05. The van der Waals surface area contributed by atoms with Crippen molar-refractivity contribution in [3.8, 4) is 0 Å². The number of likely N-dealkylation sites (tertiary alicyclic amines) is 1. The highest BCUT2D eigenvalue weighted by atomic mass is 16.4. The Morgan fingerprint density at radius 1 is 1.56 bits per heavy atom. The molecule has 1 fully saturated rings. The molecule has 0 saturated carbocycles. The lowest BCUT2D eigenvalue weighted by Gasteiger charge is -2.37. The fourth-order valence-electron chi connectivity index (χ4n) is 1.80. The van der Waals surface area contributed by atoms with Crippen LogP contribution in [0, 0.1) is 5.92 Å². The van der Waals surface area contributed by atoms with E-state index in [1.165, 1.54) is 0 Å². The summed E-state index contributed by atoms with van der Waals surface area (Å²) < 4.78 is 5.28. The molecular formula is C11H18N4O3. The van der Waals surface area contributed by atoms with Gasteiger partial charge in [-0.2, -0.15) is 0 Å². The summed E-state index contributed by atoms with van der Waals surface area (Å²) in [5, 5.41) is 19.0. The summed E-state index contributed by atoms with van der Waals surface area (Å²) in [5.74, 6) is 0.775. The van der Waals surface area contributed by atoms with Gasteiger partial charge in [-0.25, -0.2) is 0 Å². The molecule has 1 aliphatic heterocycles. The topological polar surface area (TPSA) is 91.5 Å². The molecule has 0 aromatic carbocycles. The van der Waals surface area contributed by atoms with Gasteiger partial charge >= 0.3 is 6.01 Å². The van der Waals surface area contributed by atoms with E-state index < -0.39 is 0 Å². The third-order valence-electron chi connectivity index (χ3n) is 2.84. The van der Waals surface area contributed by atoms with Crippen molar-refractivity contribution in [1.82, 2.24) is 15.1 Å². The maximum atomic E-state index is 11.6. The summed E-state index contributed by atoms with van der Waals surface area (Å²) in [7, 11) is 0. The summed E-state index contributed by atoms with van der Waals surface area (Å²) in [6, 6.07) is 0.142. The maximum absolute atomic E-state index is 11.6. The number of hydrogen-bond donors (Lipinski definition) is 2. The van der Waals surface area contributed by atoms with Crippen molar-refractivity contribution in [2.24, 2.45) is 5.92 Å². The van der Waals surface area contributed by atoms with Gasteiger partial charge < -0.3 is 9.52 Å². The van der Waals surface area contributed by atoms with Gasteiger partial charge in [0.1, 0.15) is 0 Å². The highest BCUT2D eigenvalue weighted by Gasteiger charge is 2.27. The van der Waals surface area contributed by atoms with Crippen molar-refractivity contribution >= 4 is 11.9 Å². The van der Waals surface area contributed by atoms with Crippen LogP contribution in [0.1, 0.15) is 25.7 Å². The highest BCUT2D eigenvalue weighted by molar-refractivity contribution is 5.90. The van der Waals surface area contributed by atoms with Gasteiger partial charge in [0.15, 0.2) is 0 Å². The quantitative estimate of drug-likeness (QED) is 0.771. The smallest absolute Gasteiger partial charge is 0.322 e. The Morgan fingerprint density at radius 2 is 2.28 bits per heavy atom. The molecule has 2 N–H and O–H groups in total. The Morgan fingerprint density at radius 3 is 2.83 bits per heavy atom. The number of amides is 1. The zero-order valence-electron chi connectivity index (χ0n) is 10.6. The number of aliphatic hydroxyl groups excluding tert-OH is 1. The average molecular weight is 254 g/mol. The van der Waals surface area contributed by atoms with Crippen molar-refractivity contribution in [1.29, 1.82) is 0 Å². The van der Waals surface area contributed by atoms with Crippen LogP contribution in [0.4, 0.5) is 6.01 Å². The van der Waals surface area contributed by atoms with Gasteiger partial charge in [-0.1, -0.05) is 18.9 Å². The Kier molecular flexibility index (Phi) is 3.93. The zero-order valence-corrected chi connectivity index (χ0v) is 10.6. The first-order valence-electron chi connectivity index (χ1n) is 6.05. The molecule has 1 amide bonds. The monoisotopic (exact) mass is 254 g/mol. The minimum absolute atomic E-state index is 0.142. The van der Waals surface area contributed by atoms with Crippen molar-refractivity contribution in [3.05, 3.63) is 5.89 Å². The molecule has 1 aliphatic rings. The first kappa shape index (κ1) is 13.0. The molecule has 7 heteroatoms. The standard InChI is InChI=1S/C11H18N4O3/c1-7(2)10-13-14-11(18-10)12-9(17)5-15-3-8(4-15)6-16/h7-8,16H,3-6H2,1-2H3,(H,12,14,17). The summed E-state index contributed by atoms with van der Waals surface area (Å²) in [6.45, 7) is 5.85. The Hall–Kier alpha value is -1.47. The van der Waals surface area contributed by atoms with Gasteiger partial charge in [0, 0.05) is 31.5 Å². The van der Waals surface area contributed by atoms with Crippen LogP contribution < -0.4 is 5.32 Å². The largest absolute Gasteiger partial charge is 0.408 e. The second-order valence-electron chi connectivity index (χ2n) is 4.89. The lowest BCUT2D eigenvalue weighted by molar-refractivity contribution is -0.119. The first-order chi connectivity index (χ1) is 8.58. The Labute approximate surface area is 105 Å². The number of aromatic nitrogens is 2. The summed E-state index contributed by atoms with van der Waals surface area (Å²) in [6.07, 6.45) is 0. The molecule has 100 valence electrons. The molecule has 1 saturated heterocycles. The molecular weight excluding hydrogens is 236 g/mol. The normalized spacial score (nSPS) is 16.9. The van der Waals surface area contributed by atoms with Gasteiger partial charge in [0.25, 0.3) is 0 Å². The molecule has 1 aromatic rings. The lowest BCUT2D eigenvalue weighted by Crippen LogP contribution is -2.51. The molecule has 1 aromatic heterocycles. The summed E-state index contributed by atoms with van der Waals surface area (Å²) >= 11 is 0. The molecule has 0 spiro atoms. The molecule has 2 rings (SSSR count). The van der Waals surface area contributed by atoms with Crippen LogP contribution in [0.3, 0.4) is 0 Å².